The van der Waals surface area contributed by atoms with E-state index in [-0.39, 0.29) is 42.1 Å². The minimum absolute atomic E-state index is 0.0247. The van der Waals surface area contributed by atoms with Gasteiger partial charge in [0.05, 0.1) is 28.0 Å². The second-order valence-electron chi connectivity index (χ2n) is 11.9. The number of nitro groups is 1. The molecule has 0 radical (unpaired) electrons. The Morgan fingerprint density at radius 2 is 1.59 bits per heavy atom. The smallest absolute Gasteiger partial charge is 0.269 e. The first kappa shape index (κ1) is 32.6. The SMILES string of the molecule is O=C1CCC(N2C(=O)c3ccc(NCCNC(=O)c4ccc(-c5cc(-c6ccc([N+](=O)[O-])cc6)nc(-c6ccco6)c5)cc4)cc3C2=O)C(=O)N1. The Bertz CT molecular complexity index is 2210. The molecule has 5 amide bonds. The number of hydrogen-bond acceptors (Lipinski definition) is 10. The Kier molecular flexibility index (Phi) is 8.63. The minimum Gasteiger partial charge on any atom is -0.463 e. The first-order valence-electron chi connectivity index (χ1n) is 16.0. The molecule has 1 saturated heterocycles. The standard InChI is InChI=1S/C37H28N6O8/c44-33-14-13-31(35(46)41-33)42-36(47)27-12-9-25(20-28(27)37(42)48)38-15-16-39-34(45)23-5-3-21(4-6-23)24-18-29(22-7-10-26(11-8-22)43(49)50)40-30(19-24)32-2-1-17-51-32/h1-12,17-20,31,38H,13-16H2,(H,39,45)(H,41,44,46). The molecular weight excluding hydrogens is 656 g/mol. The van der Waals surface area contributed by atoms with E-state index in [4.69, 9.17) is 9.40 Å². The van der Waals surface area contributed by atoms with Gasteiger partial charge in [-0.15, -0.1) is 0 Å². The number of nitro benzene ring substituents is 1. The maximum Gasteiger partial charge on any atom is 0.269 e. The van der Waals surface area contributed by atoms with E-state index in [1.54, 1.807) is 48.7 Å². The number of imide groups is 2. The molecule has 3 N–H and O–H groups in total. The van der Waals surface area contributed by atoms with Gasteiger partial charge in [0.25, 0.3) is 23.4 Å². The van der Waals surface area contributed by atoms with Gasteiger partial charge in [0.2, 0.25) is 11.8 Å². The molecule has 0 aliphatic carbocycles. The summed E-state index contributed by atoms with van der Waals surface area (Å²) in [6, 6.07) is 24.1. The summed E-state index contributed by atoms with van der Waals surface area (Å²) in [5, 5.41) is 19.3. The second kappa shape index (κ2) is 13.5. The molecular formula is C37H28N6O8. The maximum absolute atomic E-state index is 13.1. The summed E-state index contributed by atoms with van der Waals surface area (Å²) in [6.07, 6.45) is 1.66. The molecule has 5 aromatic rings. The number of rotatable bonds is 10. The van der Waals surface area contributed by atoms with Gasteiger partial charge in [-0.2, -0.15) is 0 Å². The third kappa shape index (κ3) is 6.57. The number of nitrogens with zero attached hydrogens (tertiary/aromatic N) is 3. The number of nitrogens with one attached hydrogen (secondary N) is 3. The number of carbonyl (C=O) groups is 5. The van der Waals surface area contributed by atoms with Gasteiger partial charge in [-0.05, 0) is 84.3 Å². The van der Waals surface area contributed by atoms with E-state index in [1.165, 1.54) is 24.3 Å². The van der Waals surface area contributed by atoms with Crippen molar-refractivity contribution in [2.75, 3.05) is 18.4 Å². The Hall–Kier alpha value is -6.96. The molecule has 254 valence electrons. The lowest BCUT2D eigenvalue weighted by atomic mass is 10.00. The molecule has 0 saturated carbocycles. The van der Waals surface area contributed by atoms with Crippen LogP contribution < -0.4 is 16.0 Å². The third-order valence-corrected chi connectivity index (χ3v) is 8.63. The van der Waals surface area contributed by atoms with Crippen molar-refractivity contribution in [2.24, 2.45) is 0 Å². The van der Waals surface area contributed by atoms with Gasteiger partial charge in [-0.25, -0.2) is 4.98 Å². The number of pyridine rings is 1. The highest BCUT2D eigenvalue weighted by Gasteiger charge is 2.44. The summed E-state index contributed by atoms with van der Waals surface area (Å²) in [4.78, 5) is 79.1. The monoisotopic (exact) mass is 684 g/mol. The molecule has 2 aliphatic rings. The molecule has 2 aliphatic heterocycles. The molecule has 14 heteroatoms. The van der Waals surface area contributed by atoms with Crippen LogP contribution in [-0.2, 0) is 9.59 Å². The molecule has 1 fully saturated rings. The van der Waals surface area contributed by atoms with Crippen LogP contribution in [0.2, 0.25) is 0 Å². The van der Waals surface area contributed by atoms with E-state index in [1.807, 2.05) is 24.3 Å². The Labute approximate surface area is 289 Å². The van der Waals surface area contributed by atoms with E-state index in [0.717, 1.165) is 16.0 Å². The predicted molar refractivity (Wildman–Crippen MR) is 183 cm³/mol. The fraction of sp³-hybridized carbons (Fsp3) is 0.135. The number of furan rings is 1. The number of hydrogen-bond donors (Lipinski definition) is 3. The van der Waals surface area contributed by atoms with Crippen LogP contribution in [0.3, 0.4) is 0 Å². The van der Waals surface area contributed by atoms with Crippen LogP contribution in [0.15, 0.2) is 102 Å². The van der Waals surface area contributed by atoms with Gasteiger partial charge in [0.15, 0.2) is 5.76 Å². The van der Waals surface area contributed by atoms with Gasteiger partial charge in [-0.3, -0.25) is 44.3 Å². The van der Waals surface area contributed by atoms with Crippen molar-refractivity contribution in [2.45, 2.75) is 18.9 Å². The topological polar surface area (TPSA) is 194 Å². The predicted octanol–water partition coefficient (Wildman–Crippen LogP) is 4.83. The zero-order valence-electron chi connectivity index (χ0n) is 26.8. The number of fused-ring (bicyclic) bond motifs is 1. The molecule has 0 bridgehead atoms. The first-order valence-corrected chi connectivity index (χ1v) is 16.0. The lowest BCUT2D eigenvalue weighted by Gasteiger charge is -2.27. The van der Waals surface area contributed by atoms with Crippen molar-refractivity contribution < 1.29 is 33.3 Å². The summed E-state index contributed by atoms with van der Waals surface area (Å²) < 4.78 is 5.58. The van der Waals surface area contributed by atoms with Crippen LogP contribution in [-0.4, -0.2) is 63.5 Å². The van der Waals surface area contributed by atoms with Crippen LogP contribution in [0.1, 0.15) is 43.9 Å². The van der Waals surface area contributed by atoms with Crippen molar-refractivity contribution in [3.63, 3.8) is 0 Å². The quantitative estimate of drug-likeness (QED) is 0.0794. The lowest BCUT2D eigenvalue weighted by molar-refractivity contribution is -0.384. The van der Waals surface area contributed by atoms with E-state index in [2.05, 4.69) is 16.0 Å². The van der Waals surface area contributed by atoms with E-state index in [9.17, 15) is 34.1 Å². The Balaban J connectivity index is 0.985. The Morgan fingerprint density at radius 3 is 2.29 bits per heavy atom. The molecule has 7 rings (SSSR count). The molecule has 51 heavy (non-hydrogen) atoms. The number of anilines is 1. The van der Waals surface area contributed by atoms with Crippen molar-refractivity contribution in [3.05, 3.63) is 124 Å². The third-order valence-electron chi connectivity index (χ3n) is 8.63. The van der Waals surface area contributed by atoms with Gasteiger partial charge in [-0.1, -0.05) is 12.1 Å². The number of non-ortho nitro benzene ring substituents is 1. The highest BCUT2D eigenvalue weighted by molar-refractivity contribution is 6.23. The molecule has 14 nitrogen and oxygen atoms in total. The van der Waals surface area contributed by atoms with E-state index < -0.39 is 34.6 Å². The molecule has 2 aromatic heterocycles. The van der Waals surface area contributed by atoms with Crippen LogP contribution in [0.25, 0.3) is 33.8 Å². The average Bonchev–Trinajstić information content (AvgIpc) is 3.77. The zero-order valence-corrected chi connectivity index (χ0v) is 26.8. The van der Waals surface area contributed by atoms with Gasteiger partial charge in [0.1, 0.15) is 11.7 Å². The van der Waals surface area contributed by atoms with Crippen LogP contribution >= 0.6 is 0 Å². The summed E-state index contributed by atoms with van der Waals surface area (Å²) in [6.45, 7) is 0.571. The van der Waals surface area contributed by atoms with Gasteiger partial charge >= 0.3 is 0 Å². The number of benzene rings is 3. The molecule has 1 atom stereocenters. The highest BCUT2D eigenvalue weighted by Crippen LogP contribution is 2.32. The second-order valence-corrected chi connectivity index (χ2v) is 11.9. The fourth-order valence-electron chi connectivity index (χ4n) is 6.03. The molecule has 1 unspecified atom stereocenters. The van der Waals surface area contributed by atoms with Crippen molar-refractivity contribution >= 4 is 40.9 Å². The van der Waals surface area contributed by atoms with E-state index in [0.29, 0.717) is 40.5 Å². The average molecular weight is 685 g/mol. The summed E-state index contributed by atoms with van der Waals surface area (Å²) in [5.74, 6) is -2.04. The van der Waals surface area contributed by atoms with Gasteiger partial charge < -0.3 is 15.1 Å². The normalized spacial score (nSPS) is 15.4. The van der Waals surface area contributed by atoms with Crippen LogP contribution in [0.5, 0.6) is 0 Å². The molecule has 0 spiro atoms. The number of amides is 5. The van der Waals surface area contributed by atoms with Crippen LogP contribution in [0.4, 0.5) is 11.4 Å². The number of carbonyl (C=O) groups excluding carboxylic acids is 5. The highest BCUT2D eigenvalue weighted by atomic mass is 16.6. The molecule has 4 heterocycles. The van der Waals surface area contributed by atoms with Crippen molar-refractivity contribution in [1.29, 1.82) is 0 Å². The first-order chi connectivity index (χ1) is 24.7. The fourth-order valence-corrected chi connectivity index (χ4v) is 6.03. The maximum atomic E-state index is 13.1. The molecule has 3 aromatic carbocycles. The summed E-state index contributed by atoms with van der Waals surface area (Å²) >= 11 is 0. The summed E-state index contributed by atoms with van der Waals surface area (Å²) in [5.41, 5.74) is 4.77. The van der Waals surface area contributed by atoms with Crippen molar-refractivity contribution in [1.82, 2.24) is 20.5 Å². The minimum atomic E-state index is -1.04. The van der Waals surface area contributed by atoms with E-state index >= 15 is 0 Å². The number of aromatic nitrogens is 1. The van der Waals surface area contributed by atoms with Crippen LogP contribution in [0, 0.1) is 10.1 Å². The van der Waals surface area contributed by atoms with Crippen molar-refractivity contribution in [3.8, 4) is 33.8 Å². The lowest BCUT2D eigenvalue weighted by Crippen LogP contribution is -2.54. The largest absolute Gasteiger partial charge is 0.463 e. The Morgan fingerprint density at radius 1 is 0.863 bits per heavy atom. The summed E-state index contributed by atoms with van der Waals surface area (Å²) in [7, 11) is 0. The number of piperidine rings is 1. The van der Waals surface area contributed by atoms with Gasteiger partial charge in [0, 0.05) is 48.5 Å². The zero-order chi connectivity index (χ0) is 35.6.